The number of ether oxygens (including phenoxy) is 3. The van der Waals surface area contributed by atoms with E-state index >= 15 is 0 Å². The molecule has 216 valence electrons. The largest absolute Gasteiger partial charge is 0.493 e. The minimum Gasteiger partial charge on any atom is -0.493 e. The van der Waals surface area contributed by atoms with E-state index in [-0.39, 0.29) is 0 Å². The van der Waals surface area contributed by atoms with Crippen LogP contribution < -0.4 is 9.47 Å². The highest BCUT2D eigenvalue weighted by atomic mass is 16.5. The van der Waals surface area contributed by atoms with Crippen LogP contribution in [0.1, 0.15) is 43.9 Å². The van der Waals surface area contributed by atoms with Crippen LogP contribution in [0.4, 0.5) is 0 Å². The van der Waals surface area contributed by atoms with Crippen molar-refractivity contribution < 1.29 is 49.0 Å². The number of imidazole rings is 1. The zero-order valence-corrected chi connectivity index (χ0v) is 22.4. The summed E-state index contributed by atoms with van der Waals surface area (Å²) in [6.45, 7) is 6.43. The van der Waals surface area contributed by atoms with Crippen molar-refractivity contribution in [1.82, 2.24) is 14.5 Å². The molecular formula is C26H37N3O10. The summed E-state index contributed by atoms with van der Waals surface area (Å²) in [5.74, 6) is -3.45. The molecular weight excluding hydrogens is 514 g/mol. The van der Waals surface area contributed by atoms with Gasteiger partial charge in [0.25, 0.3) is 0 Å². The third-order valence-corrected chi connectivity index (χ3v) is 6.17. The minimum atomic E-state index is -2.74. The lowest BCUT2D eigenvalue weighted by atomic mass is 9.96. The molecule has 0 saturated carbocycles. The van der Waals surface area contributed by atoms with Gasteiger partial charge in [-0.25, -0.2) is 9.78 Å². The molecule has 0 bridgehead atoms. The highest BCUT2D eigenvalue weighted by Gasteiger charge is 2.40. The molecule has 1 saturated heterocycles. The molecule has 0 spiro atoms. The summed E-state index contributed by atoms with van der Waals surface area (Å²) < 4.78 is 19.1. The van der Waals surface area contributed by atoms with Crippen LogP contribution in [0, 0.1) is 0 Å². The number of carboxylic acid groups (broad SMARTS) is 3. The van der Waals surface area contributed by atoms with Crippen LogP contribution in [0.15, 0.2) is 30.7 Å². The number of methoxy groups -OCH3 is 2. The van der Waals surface area contributed by atoms with Crippen molar-refractivity contribution >= 4 is 17.9 Å². The van der Waals surface area contributed by atoms with Gasteiger partial charge in [-0.1, -0.05) is 12.1 Å². The molecule has 1 atom stereocenters. The molecule has 2 aromatic rings. The lowest BCUT2D eigenvalue weighted by molar-refractivity contribution is -0.170. The molecule has 1 aliphatic heterocycles. The first-order valence-electron chi connectivity index (χ1n) is 12.4. The molecule has 1 unspecified atom stereocenters. The lowest BCUT2D eigenvalue weighted by Gasteiger charge is -2.26. The number of hydrogen-bond acceptors (Lipinski definition) is 9. The Labute approximate surface area is 226 Å². The Morgan fingerprint density at radius 1 is 1.13 bits per heavy atom. The van der Waals surface area contributed by atoms with Crippen molar-refractivity contribution in [3.63, 3.8) is 0 Å². The van der Waals surface area contributed by atoms with Gasteiger partial charge in [-0.2, -0.15) is 0 Å². The van der Waals surface area contributed by atoms with Crippen LogP contribution in [0.5, 0.6) is 11.5 Å². The van der Waals surface area contributed by atoms with Crippen molar-refractivity contribution in [2.45, 2.75) is 63.9 Å². The predicted octanol–water partition coefficient (Wildman–Crippen LogP) is 1.85. The quantitative estimate of drug-likeness (QED) is 0.268. The minimum absolute atomic E-state index is 0.296. The van der Waals surface area contributed by atoms with Gasteiger partial charge in [0, 0.05) is 44.5 Å². The number of rotatable bonds is 14. The van der Waals surface area contributed by atoms with Gasteiger partial charge in [0.15, 0.2) is 17.1 Å². The summed E-state index contributed by atoms with van der Waals surface area (Å²) in [6, 6.07) is 6.04. The average Bonchev–Trinajstić information content (AvgIpc) is 3.55. The number of aryl methyl sites for hydroxylation is 1. The van der Waals surface area contributed by atoms with Crippen molar-refractivity contribution in [3.8, 4) is 11.5 Å². The second-order valence-corrected chi connectivity index (χ2v) is 9.11. The summed E-state index contributed by atoms with van der Waals surface area (Å²) in [6.07, 6.45) is 4.13. The van der Waals surface area contributed by atoms with E-state index in [2.05, 4.69) is 27.4 Å². The topological polar surface area (TPSA) is 181 Å². The van der Waals surface area contributed by atoms with Crippen LogP contribution in [-0.4, -0.2) is 91.9 Å². The smallest absolute Gasteiger partial charge is 0.336 e. The van der Waals surface area contributed by atoms with Crippen molar-refractivity contribution in [1.29, 1.82) is 0 Å². The van der Waals surface area contributed by atoms with Crippen LogP contribution in [-0.2, 0) is 38.8 Å². The molecule has 2 heterocycles. The Bertz CT molecular complexity index is 1080. The van der Waals surface area contributed by atoms with Gasteiger partial charge in [0.05, 0.1) is 45.2 Å². The highest BCUT2D eigenvalue weighted by molar-refractivity contribution is 5.88. The van der Waals surface area contributed by atoms with Crippen molar-refractivity contribution in [3.05, 3.63) is 42.0 Å². The molecule has 3 rings (SSSR count). The summed E-state index contributed by atoms with van der Waals surface area (Å²) in [5.41, 5.74) is -0.405. The number of carboxylic acids is 3. The molecule has 13 heteroatoms. The van der Waals surface area contributed by atoms with Gasteiger partial charge < -0.3 is 39.2 Å². The number of hydrogen-bond donors (Lipinski definition) is 4. The van der Waals surface area contributed by atoms with Crippen LogP contribution in [0.3, 0.4) is 0 Å². The van der Waals surface area contributed by atoms with Crippen LogP contribution >= 0.6 is 0 Å². The van der Waals surface area contributed by atoms with E-state index in [1.54, 1.807) is 14.2 Å². The van der Waals surface area contributed by atoms with Gasteiger partial charge in [-0.05, 0) is 25.8 Å². The number of aliphatic hydroxyl groups is 1. The Balaban J connectivity index is 0.000000349. The zero-order valence-electron chi connectivity index (χ0n) is 22.4. The Morgan fingerprint density at radius 2 is 1.82 bits per heavy atom. The third kappa shape index (κ3) is 9.53. The molecule has 0 aliphatic carbocycles. The van der Waals surface area contributed by atoms with Gasteiger partial charge >= 0.3 is 17.9 Å². The molecule has 39 heavy (non-hydrogen) atoms. The van der Waals surface area contributed by atoms with Gasteiger partial charge in [-0.3, -0.25) is 14.5 Å². The number of aromatic nitrogens is 2. The van der Waals surface area contributed by atoms with E-state index in [4.69, 9.17) is 34.6 Å². The highest BCUT2D eigenvalue weighted by Crippen LogP contribution is 2.32. The van der Waals surface area contributed by atoms with Crippen molar-refractivity contribution in [2.24, 2.45) is 0 Å². The maximum Gasteiger partial charge on any atom is 0.336 e. The fourth-order valence-electron chi connectivity index (χ4n) is 4.29. The van der Waals surface area contributed by atoms with Crippen LogP contribution in [0.25, 0.3) is 0 Å². The number of aliphatic carboxylic acids is 3. The summed E-state index contributed by atoms with van der Waals surface area (Å²) >= 11 is 0. The zero-order chi connectivity index (χ0) is 29.0. The number of benzene rings is 1. The van der Waals surface area contributed by atoms with Gasteiger partial charge in [0.2, 0.25) is 0 Å². The third-order valence-electron chi connectivity index (χ3n) is 6.17. The Morgan fingerprint density at radius 3 is 2.33 bits per heavy atom. The maximum absolute atomic E-state index is 10.3. The van der Waals surface area contributed by atoms with E-state index in [1.807, 2.05) is 24.7 Å². The first-order chi connectivity index (χ1) is 18.5. The predicted molar refractivity (Wildman–Crippen MR) is 138 cm³/mol. The summed E-state index contributed by atoms with van der Waals surface area (Å²) in [7, 11) is 3.36. The SMILES string of the molecule is CCn1cncc1CN(Cc1cccc(OC)c1OC)CC1CCCO1.O=C(O)CC(O)(CC(=O)O)C(=O)O. The average molecular weight is 552 g/mol. The van der Waals surface area contributed by atoms with Crippen LogP contribution in [0.2, 0.25) is 0 Å². The van der Waals surface area contributed by atoms with E-state index < -0.39 is 36.4 Å². The van der Waals surface area contributed by atoms with Crippen molar-refractivity contribution in [2.75, 3.05) is 27.4 Å². The first kappa shape index (κ1) is 31.5. The fraction of sp³-hybridized carbons (Fsp3) is 0.538. The number of nitrogens with zero attached hydrogens (tertiary/aromatic N) is 3. The molecule has 0 radical (unpaired) electrons. The van der Waals surface area contributed by atoms with E-state index in [1.165, 1.54) is 5.69 Å². The number of para-hydroxylation sites is 1. The monoisotopic (exact) mass is 551 g/mol. The standard InChI is InChI=1S/C20H29N3O3.C6H8O7/c1-4-23-15-21-11-17(23)13-22(14-18-8-6-10-26-18)12-16-7-5-9-19(24-2)20(16)25-3;7-3(8)1-6(13,5(11)12)2-4(9)10/h5,7,9,11,15,18H,4,6,8,10,12-14H2,1-3H3;13H,1-2H2,(H,7,8)(H,9,10)(H,11,12). The molecule has 1 fully saturated rings. The molecule has 1 aliphatic rings. The van der Waals surface area contributed by atoms with Gasteiger partial charge in [0.1, 0.15) is 0 Å². The number of carbonyl (C=O) groups is 3. The first-order valence-corrected chi connectivity index (χ1v) is 12.4. The molecule has 13 nitrogen and oxygen atoms in total. The molecule has 1 aromatic carbocycles. The molecule has 4 N–H and O–H groups in total. The fourth-order valence-corrected chi connectivity index (χ4v) is 4.29. The summed E-state index contributed by atoms with van der Waals surface area (Å²) in [4.78, 5) is 37.2. The normalized spacial score (nSPS) is 14.9. The van der Waals surface area contributed by atoms with E-state index in [9.17, 15) is 14.4 Å². The lowest BCUT2D eigenvalue weighted by Crippen LogP contribution is -2.42. The second kappa shape index (κ2) is 15.0. The van der Waals surface area contributed by atoms with E-state index in [0.717, 1.165) is 62.7 Å². The molecule has 1 aromatic heterocycles. The van der Waals surface area contributed by atoms with Gasteiger partial charge in [-0.15, -0.1) is 0 Å². The second-order valence-electron chi connectivity index (χ2n) is 9.11. The molecule has 0 amide bonds. The Hall–Kier alpha value is -3.68. The summed E-state index contributed by atoms with van der Waals surface area (Å²) in [5, 5.41) is 33.8. The van der Waals surface area contributed by atoms with E-state index in [0.29, 0.717) is 6.10 Å². The Kier molecular flexibility index (Phi) is 12.2. The maximum atomic E-state index is 10.3.